The molecule has 3 rings (SSSR count). The lowest BCUT2D eigenvalue weighted by Crippen LogP contribution is -2.26. The maximum atomic E-state index is 4.37. The maximum Gasteiger partial charge on any atom is 0.230 e. The molecule has 0 saturated carbocycles. The van der Waals surface area contributed by atoms with E-state index in [1.54, 1.807) is 12.4 Å². The summed E-state index contributed by atoms with van der Waals surface area (Å²) in [5.74, 6) is 0.799. The van der Waals surface area contributed by atoms with Crippen molar-refractivity contribution in [2.75, 3.05) is 4.90 Å². The van der Waals surface area contributed by atoms with Gasteiger partial charge in [0.15, 0.2) is 0 Å². The summed E-state index contributed by atoms with van der Waals surface area (Å²) in [5.41, 5.74) is 3.97. The summed E-state index contributed by atoms with van der Waals surface area (Å²) < 4.78 is 0. The van der Waals surface area contributed by atoms with Crippen LogP contribution in [-0.2, 0) is 6.42 Å². The number of benzene rings is 1. The molecule has 1 aromatic heterocycles. The Hall–Kier alpha value is -1.90. The van der Waals surface area contributed by atoms with Gasteiger partial charge in [-0.3, -0.25) is 0 Å². The lowest BCUT2D eigenvalue weighted by molar-refractivity contribution is 0.739. The van der Waals surface area contributed by atoms with E-state index in [9.17, 15) is 0 Å². The lowest BCUT2D eigenvalue weighted by Gasteiger charge is -2.23. The Kier molecular flexibility index (Phi) is 2.32. The molecule has 0 radical (unpaired) electrons. The topological polar surface area (TPSA) is 29.0 Å². The third kappa shape index (κ3) is 1.58. The molecule has 1 aliphatic heterocycles. The number of fused-ring (bicyclic) bond motifs is 1. The van der Waals surface area contributed by atoms with Gasteiger partial charge in [-0.05, 0) is 37.5 Å². The highest BCUT2D eigenvalue weighted by molar-refractivity contribution is 5.70. The van der Waals surface area contributed by atoms with Crippen LogP contribution in [-0.4, -0.2) is 16.0 Å². The maximum absolute atomic E-state index is 4.37. The Balaban J connectivity index is 2.14. The van der Waals surface area contributed by atoms with Crippen molar-refractivity contribution >= 4 is 11.6 Å². The molecule has 0 N–H and O–H groups in total. The van der Waals surface area contributed by atoms with Crippen molar-refractivity contribution in [1.82, 2.24) is 9.97 Å². The summed E-state index contributed by atoms with van der Waals surface area (Å²) in [5, 5.41) is 0. The van der Waals surface area contributed by atoms with E-state index in [4.69, 9.17) is 0 Å². The van der Waals surface area contributed by atoms with E-state index in [0.29, 0.717) is 6.04 Å². The number of para-hydroxylation sites is 1. The molecule has 0 fully saturated rings. The Morgan fingerprint density at radius 3 is 2.71 bits per heavy atom. The van der Waals surface area contributed by atoms with Crippen LogP contribution in [0.2, 0.25) is 0 Å². The molecular formula is C14H15N3. The summed E-state index contributed by atoms with van der Waals surface area (Å²) in [6.07, 6.45) is 4.66. The van der Waals surface area contributed by atoms with Crippen molar-refractivity contribution in [3.63, 3.8) is 0 Å². The monoisotopic (exact) mass is 225 g/mol. The van der Waals surface area contributed by atoms with Gasteiger partial charge in [-0.2, -0.15) is 0 Å². The van der Waals surface area contributed by atoms with Crippen LogP contribution in [0, 0.1) is 6.92 Å². The van der Waals surface area contributed by atoms with E-state index in [2.05, 4.69) is 46.9 Å². The molecule has 1 aliphatic rings. The zero-order valence-electron chi connectivity index (χ0n) is 10.1. The Morgan fingerprint density at radius 2 is 1.94 bits per heavy atom. The Morgan fingerprint density at radius 1 is 1.18 bits per heavy atom. The Bertz CT molecular complexity index is 536. The molecule has 1 atom stereocenters. The third-order valence-corrected chi connectivity index (χ3v) is 3.29. The van der Waals surface area contributed by atoms with Crippen molar-refractivity contribution in [2.45, 2.75) is 26.3 Å². The van der Waals surface area contributed by atoms with E-state index < -0.39 is 0 Å². The first-order valence-corrected chi connectivity index (χ1v) is 5.92. The van der Waals surface area contributed by atoms with Gasteiger partial charge >= 0.3 is 0 Å². The largest absolute Gasteiger partial charge is 0.307 e. The molecule has 0 aliphatic carbocycles. The van der Waals surface area contributed by atoms with Gasteiger partial charge in [-0.15, -0.1) is 0 Å². The van der Waals surface area contributed by atoms with Crippen LogP contribution in [0.25, 0.3) is 0 Å². The van der Waals surface area contributed by atoms with Crippen LogP contribution >= 0.6 is 0 Å². The highest BCUT2D eigenvalue weighted by atomic mass is 15.3. The third-order valence-electron chi connectivity index (χ3n) is 3.29. The SMILES string of the molecule is Cc1cccc2c1N(c1ncccn1)[C@@H](C)C2. The van der Waals surface area contributed by atoms with E-state index in [-0.39, 0.29) is 0 Å². The second-order valence-corrected chi connectivity index (χ2v) is 4.55. The van der Waals surface area contributed by atoms with Gasteiger partial charge in [0, 0.05) is 18.4 Å². The molecule has 3 heteroatoms. The van der Waals surface area contributed by atoms with E-state index >= 15 is 0 Å². The van der Waals surface area contributed by atoms with Gasteiger partial charge in [-0.25, -0.2) is 9.97 Å². The van der Waals surface area contributed by atoms with Crippen molar-refractivity contribution in [2.24, 2.45) is 0 Å². The molecule has 86 valence electrons. The smallest absolute Gasteiger partial charge is 0.230 e. The minimum atomic E-state index is 0.425. The fraction of sp³-hybridized carbons (Fsp3) is 0.286. The minimum absolute atomic E-state index is 0.425. The summed E-state index contributed by atoms with van der Waals surface area (Å²) in [4.78, 5) is 11.0. The molecule has 0 saturated heterocycles. The summed E-state index contributed by atoms with van der Waals surface area (Å²) >= 11 is 0. The number of rotatable bonds is 1. The van der Waals surface area contributed by atoms with Crippen LogP contribution in [0.15, 0.2) is 36.7 Å². The summed E-state index contributed by atoms with van der Waals surface area (Å²) in [6.45, 7) is 4.36. The first-order chi connectivity index (χ1) is 8.27. The number of anilines is 2. The molecule has 0 amide bonds. The lowest BCUT2D eigenvalue weighted by atomic mass is 10.1. The highest BCUT2D eigenvalue weighted by Crippen LogP contribution is 2.38. The van der Waals surface area contributed by atoms with Crippen molar-refractivity contribution < 1.29 is 0 Å². The number of aromatic nitrogens is 2. The van der Waals surface area contributed by atoms with Gasteiger partial charge in [0.1, 0.15) is 0 Å². The van der Waals surface area contributed by atoms with Gasteiger partial charge in [-0.1, -0.05) is 18.2 Å². The Labute approximate surface area is 101 Å². The predicted molar refractivity (Wildman–Crippen MR) is 68.5 cm³/mol. The molecule has 2 aromatic rings. The fourth-order valence-corrected chi connectivity index (χ4v) is 2.57. The molecule has 1 aromatic carbocycles. The molecule has 2 heterocycles. The van der Waals surface area contributed by atoms with E-state index in [0.717, 1.165) is 12.4 Å². The van der Waals surface area contributed by atoms with Gasteiger partial charge in [0.2, 0.25) is 5.95 Å². The second-order valence-electron chi connectivity index (χ2n) is 4.55. The molecule has 0 unspecified atom stereocenters. The molecule has 0 bridgehead atoms. The van der Waals surface area contributed by atoms with Crippen LogP contribution < -0.4 is 4.90 Å². The average molecular weight is 225 g/mol. The van der Waals surface area contributed by atoms with Crippen molar-refractivity contribution in [1.29, 1.82) is 0 Å². The van der Waals surface area contributed by atoms with Crippen LogP contribution in [0.1, 0.15) is 18.1 Å². The van der Waals surface area contributed by atoms with Crippen molar-refractivity contribution in [3.05, 3.63) is 47.8 Å². The van der Waals surface area contributed by atoms with Crippen LogP contribution in [0.3, 0.4) is 0 Å². The average Bonchev–Trinajstić information content (AvgIpc) is 2.68. The predicted octanol–water partition coefficient (Wildman–Crippen LogP) is 2.87. The standard InChI is InChI=1S/C14H15N3/c1-10-5-3-6-12-9-11(2)17(13(10)12)14-15-7-4-8-16-14/h3-8,11H,9H2,1-2H3/t11-/m0/s1. The minimum Gasteiger partial charge on any atom is -0.307 e. The first-order valence-electron chi connectivity index (χ1n) is 5.92. The van der Waals surface area contributed by atoms with Crippen molar-refractivity contribution in [3.8, 4) is 0 Å². The van der Waals surface area contributed by atoms with E-state index in [1.165, 1.54) is 16.8 Å². The molecule has 3 nitrogen and oxygen atoms in total. The second kappa shape index (κ2) is 3.84. The van der Waals surface area contributed by atoms with E-state index in [1.807, 2.05) is 6.07 Å². The normalized spacial score (nSPS) is 18.2. The fourth-order valence-electron chi connectivity index (χ4n) is 2.57. The summed E-state index contributed by atoms with van der Waals surface area (Å²) in [7, 11) is 0. The first kappa shape index (κ1) is 10.3. The number of hydrogen-bond donors (Lipinski definition) is 0. The van der Waals surface area contributed by atoms with Crippen LogP contribution in [0.5, 0.6) is 0 Å². The molecule has 0 spiro atoms. The zero-order valence-corrected chi connectivity index (χ0v) is 10.1. The summed E-state index contributed by atoms with van der Waals surface area (Å²) in [6, 6.07) is 8.74. The van der Waals surface area contributed by atoms with Gasteiger partial charge in [0.25, 0.3) is 0 Å². The highest BCUT2D eigenvalue weighted by Gasteiger charge is 2.29. The van der Waals surface area contributed by atoms with Crippen LogP contribution in [0.4, 0.5) is 11.6 Å². The quantitative estimate of drug-likeness (QED) is 0.747. The van der Waals surface area contributed by atoms with Gasteiger partial charge < -0.3 is 4.90 Å². The van der Waals surface area contributed by atoms with Gasteiger partial charge in [0.05, 0.1) is 5.69 Å². The number of hydrogen-bond acceptors (Lipinski definition) is 3. The number of nitrogens with zero attached hydrogens (tertiary/aromatic N) is 3. The molecular weight excluding hydrogens is 210 g/mol. The molecule has 17 heavy (non-hydrogen) atoms. The zero-order chi connectivity index (χ0) is 11.8. The number of aryl methyl sites for hydroxylation is 1.